The average molecular weight is 259 g/mol. The number of rotatable bonds is 7. The lowest BCUT2D eigenvalue weighted by Crippen LogP contribution is -2.26. The number of alkyl carbamates (subject to hydrolysis) is 1. The minimum atomic E-state index is -0.642. The summed E-state index contributed by atoms with van der Waals surface area (Å²) < 4.78 is 13.7. The molecule has 1 N–H and O–H groups in total. The Morgan fingerprint density at radius 2 is 1.78 bits per heavy atom. The maximum atomic E-state index is 11.0. The van der Waals surface area contributed by atoms with Crippen molar-refractivity contribution in [3.63, 3.8) is 0 Å². The van der Waals surface area contributed by atoms with Gasteiger partial charge in [-0.25, -0.2) is 14.4 Å². The Balaban J connectivity index is 3.55. The van der Waals surface area contributed by atoms with Crippen molar-refractivity contribution in [1.29, 1.82) is 0 Å². The summed E-state index contributed by atoms with van der Waals surface area (Å²) >= 11 is 0. The molecular formula is C11H17NO6. The number of hydrogen-bond acceptors (Lipinski definition) is 6. The first-order valence-corrected chi connectivity index (χ1v) is 5.43. The zero-order valence-corrected chi connectivity index (χ0v) is 10.4. The normalized spacial score (nSPS) is 9.89. The van der Waals surface area contributed by atoms with Crippen LogP contribution in [-0.4, -0.2) is 44.9 Å². The molecule has 0 rings (SSSR count). The van der Waals surface area contributed by atoms with E-state index in [4.69, 9.17) is 4.74 Å². The van der Waals surface area contributed by atoms with Crippen LogP contribution in [0.4, 0.5) is 4.79 Å². The summed E-state index contributed by atoms with van der Waals surface area (Å²) in [6.45, 7) is 2.48. The molecule has 0 aliphatic heterocycles. The van der Waals surface area contributed by atoms with Crippen LogP contribution < -0.4 is 5.32 Å². The Morgan fingerprint density at radius 3 is 2.39 bits per heavy atom. The average Bonchev–Trinajstić information content (AvgIpc) is 2.35. The number of esters is 2. The summed E-state index contributed by atoms with van der Waals surface area (Å²) in [5.74, 6) is -1.27. The fourth-order valence-corrected chi connectivity index (χ4v) is 0.870. The number of ether oxygens (including phenoxy) is 3. The zero-order valence-electron chi connectivity index (χ0n) is 10.4. The molecular weight excluding hydrogens is 242 g/mol. The van der Waals surface area contributed by atoms with E-state index in [-0.39, 0.29) is 6.61 Å². The second kappa shape index (κ2) is 10.1. The monoisotopic (exact) mass is 259 g/mol. The van der Waals surface area contributed by atoms with E-state index < -0.39 is 18.0 Å². The van der Waals surface area contributed by atoms with Crippen molar-refractivity contribution < 1.29 is 28.6 Å². The lowest BCUT2D eigenvalue weighted by atomic mass is 10.4. The molecule has 0 bridgehead atoms. The highest BCUT2D eigenvalue weighted by atomic mass is 16.5. The highest BCUT2D eigenvalue weighted by Crippen LogP contribution is 1.87. The molecule has 102 valence electrons. The molecule has 0 spiro atoms. The molecule has 7 heteroatoms. The molecule has 0 heterocycles. The van der Waals surface area contributed by atoms with Crippen molar-refractivity contribution in [1.82, 2.24) is 5.32 Å². The van der Waals surface area contributed by atoms with Crippen LogP contribution >= 0.6 is 0 Å². The largest absolute Gasteiger partial charge is 0.466 e. The quantitative estimate of drug-likeness (QED) is 0.308. The molecule has 0 aliphatic carbocycles. The summed E-state index contributed by atoms with van der Waals surface area (Å²) in [4.78, 5) is 32.5. The van der Waals surface area contributed by atoms with E-state index in [2.05, 4.69) is 14.8 Å². The highest BCUT2D eigenvalue weighted by molar-refractivity contribution is 5.91. The van der Waals surface area contributed by atoms with Crippen molar-refractivity contribution in [2.75, 3.05) is 26.9 Å². The number of carbonyl (C=O) groups is 3. The predicted molar refractivity (Wildman–Crippen MR) is 61.8 cm³/mol. The van der Waals surface area contributed by atoms with Gasteiger partial charge in [-0.3, -0.25) is 0 Å². The van der Waals surface area contributed by atoms with Crippen LogP contribution in [0, 0.1) is 0 Å². The molecule has 0 fully saturated rings. The molecule has 7 nitrogen and oxygen atoms in total. The Kier molecular flexibility index (Phi) is 8.97. The van der Waals surface area contributed by atoms with Crippen molar-refractivity contribution in [3.8, 4) is 0 Å². The van der Waals surface area contributed by atoms with E-state index in [1.165, 1.54) is 7.11 Å². The van der Waals surface area contributed by atoms with Crippen molar-refractivity contribution in [2.24, 2.45) is 0 Å². The predicted octanol–water partition coefficient (Wildman–Crippen LogP) is 0.395. The van der Waals surface area contributed by atoms with Crippen LogP contribution in [0.2, 0.25) is 0 Å². The molecule has 0 radical (unpaired) electrons. The van der Waals surface area contributed by atoms with Crippen molar-refractivity contribution >= 4 is 18.0 Å². The van der Waals surface area contributed by atoms with Crippen LogP contribution in [-0.2, 0) is 23.8 Å². The van der Waals surface area contributed by atoms with Gasteiger partial charge in [-0.15, -0.1) is 0 Å². The number of methoxy groups -OCH3 is 1. The molecule has 0 aliphatic rings. The Hall–Kier alpha value is -2.05. The van der Waals surface area contributed by atoms with E-state index >= 15 is 0 Å². The fourth-order valence-electron chi connectivity index (χ4n) is 0.870. The lowest BCUT2D eigenvalue weighted by molar-refractivity contribution is -0.139. The molecule has 0 atom stereocenters. The first-order valence-electron chi connectivity index (χ1n) is 5.43. The molecule has 0 aromatic carbocycles. The lowest BCUT2D eigenvalue weighted by Gasteiger charge is -2.04. The van der Waals surface area contributed by atoms with Gasteiger partial charge in [0.1, 0.15) is 0 Å². The van der Waals surface area contributed by atoms with Crippen molar-refractivity contribution in [2.45, 2.75) is 13.3 Å². The summed E-state index contributed by atoms with van der Waals surface area (Å²) in [6.07, 6.45) is 1.90. The SMILES string of the molecule is CCOC(=O)NCCCOC(=O)/C=C/C(=O)OC. The third-order valence-corrected chi connectivity index (χ3v) is 1.67. The van der Waals surface area contributed by atoms with Gasteiger partial charge < -0.3 is 19.5 Å². The van der Waals surface area contributed by atoms with Crippen LogP contribution in [0.15, 0.2) is 12.2 Å². The van der Waals surface area contributed by atoms with Gasteiger partial charge in [0.25, 0.3) is 0 Å². The summed E-state index contributed by atoms with van der Waals surface area (Å²) in [6, 6.07) is 0. The van der Waals surface area contributed by atoms with Gasteiger partial charge in [0.05, 0.1) is 20.3 Å². The molecule has 0 unspecified atom stereocenters. The first-order chi connectivity index (χ1) is 8.60. The molecule has 0 aromatic rings. The van der Waals surface area contributed by atoms with Crippen molar-refractivity contribution in [3.05, 3.63) is 12.2 Å². The van der Waals surface area contributed by atoms with E-state index in [0.717, 1.165) is 12.2 Å². The third-order valence-electron chi connectivity index (χ3n) is 1.67. The van der Waals surface area contributed by atoms with Crippen LogP contribution in [0.25, 0.3) is 0 Å². The number of hydrogen-bond donors (Lipinski definition) is 1. The molecule has 0 aromatic heterocycles. The zero-order chi connectivity index (χ0) is 13.8. The van der Waals surface area contributed by atoms with Crippen LogP contribution in [0.3, 0.4) is 0 Å². The Morgan fingerprint density at radius 1 is 1.11 bits per heavy atom. The topological polar surface area (TPSA) is 90.9 Å². The highest BCUT2D eigenvalue weighted by Gasteiger charge is 2.01. The molecule has 0 saturated carbocycles. The van der Waals surface area contributed by atoms with E-state index in [0.29, 0.717) is 19.6 Å². The first kappa shape index (κ1) is 16.0. The van der Waals surface area contributed by atoms with E-state index in [1.807, 2.05) is 0 Å². The standard InChI is InChI=1S/C11H17NO6/c1-3-17-11(15)12-7-4-8-18-10(14)6-5-9(13)16-2/h5-6H,3-4,7-8H2,1-2H3,(H,12,15)/b6-5+. The molecule has 18 heavy (non-hydrogen) atoms. The van der Waals surface area contributed by atoms with Crippen LogP contribution in [0.1, 0.15) is 13.3 Å². The fraction of sp³-hybridized carbons (Fsp3) is 0.545. The number of amides is 1. The van der Waals surface area contributed by atoms with Gasteiger partial charge in [0, 0.05) is 18.7 Å². The summed E-state index contributed by atoms with van der Waals surface area (Å²) in [7, 11) is 1.21. The van der Waals surface area contributed by atoms with E-state index in [9.17, 15) is 14.4 Å². The van der Waals surface area contributed by atoms with E-state index in [1.54, 1.807) is 6.92 Å². The summed E-state index contributed by atoms with van der Waals surface area (Å²) in [5.41, 5.74) is 0. The Labute approximate surface area is 105 Å². The van der Waals surface area contributed by atoms with Gasteiger partial charge in [-0.2, -0.15) is 0 Å². The second-order valence-electron chi connectivity index (χ2n) is 3.02. The Bertz CT molecular complexity index is 313. The minimum Gasteiger partial charge on any atom is -0.466 e. The van der Waals surface area contributed by atoms with Crippen LogP contribution in [0.5, 0.6) is 0 Å². The van der Waals surface area contributed by atoms with Gasteiger partial charge in [0.15, 0.2) is 0 Å². The van der Waals surface area contributed by atoms with Gasteiger partial charge in [-0.1, -0.05) is 0 Å². The third kappa shape index (κ3) is 9.20. The smallest absolute Gasteiger partial charge is 0.407 e. The molecule has 0 saturated heterocycles. The van der Waals surface area contributed by atoms with Gasteiger partial charge >= 0.3 is 18.0 Å². The van der Waals surface area contributed by atoms with Gasteiger partial charge in [-0.05, 0) is 13.3 Å². The van der Waals surface area contributed by atoms with Gasteiger partial charge in [0.2, 0.25) is 0 Å². The molecule has 1 amide bonds. The maximum absolute atomic E-state index is 11.0. The number of nitrogens with one attached hydrogen (secondary N) is 1. The number of carbonyl (C=O) groups excluding carboxylic acids is 3. The second-order valence-corrected chi connectivity index (χ2v) is 3.02. The summed E-state index contributed by atoms with van der Waals surface area (Å²) in [5, 5.41) is 2.47. The minimum absolute atomic E-state index is 0.136. The maximum Gasteiger partial charge on any atom is 0.407 e.